The van der Waals surface area contributed by atoms with Crippen LogP contribution in [0.1, 0.15) is 355 Å². The van der Waals surface area contributed by atoms with Crippen molar-refractivity contribution in [3.63, 3.8) is 0 Å². The largest absolute Gasteiger partial charge is 0.462 e. The second-order valence-corrected chi connectivity index (χ2v) is 36.4. The lowest BCUT2D eigenvalue weighted by atomic mass is 9.94. The Morgan fingerprint density at radius 1 is 0.346 bits per heavy atom. The summed E-state index contributed by atoms with van der Waals surface area (Å²) in [7, 11) is 0. The minimum absolute atomic E-state index is 0.0256. The van der Waals surface area contributed by atoms with Gasteiger partial charge in [0, 0.05) is 6.42 Å². The normalized spacial score (nSPS) is 19.3. The van der Waals surface area contributed by atoms with Gasteiger partial charge in [0.05, 0.1) is 77.4 Å². The summed E-state index contributed by atoms with van der Waals surface area (Å²) in [6.07, 6.45) is 34.0. The minimum atomic E-state index is -4.51. The second kappa shape index (κ2) is 68.1. The number of carbonyl (C=O) groups is 3. The quantitative estimate of drug-likeness (QED) is 0.0185. The van der Waals surface area contributed by atoms with E-state index in [0.717, 1.165) is 117 Å². The van der Waals surface area contributed by atoms with E-state index in [0.29, 0.717) is 24.8 Å². The van der Waals surface area contributed by atoms with Crippen LogP contribution in [0.25, 0.3) is 0 Å². The Morgan fingerprint density at radius 3 is 1.06 bits per heavy atom. The number of esters is 1. The number of ether oxygens (including phenoxy) is 11. The molecule has 0 aromatic heterocycles. The van der Waals surface area contributed by atoms with Crippen LogP contribution >= 0.6 is 0 Å². The highest BCUT2D eigenvalue weighted by atomic mass is 19.4. The molecule has 2 saturated heterocycles. The smallest absolute Gasteiger partial charge is 0.416 e. The molecule has 3 N–H and O–H groups in total. The van der Waals surface area contributed by atoms with Gasteiger partial charge in [-0.15, -0.1) is 0 Å². The van der Waals surface area contributed by atoms with Crippen molar-refractivity contribution in [3.05, 3.63) is 215 Å². The predicted octanol–water partition coefficient (Wildman–Crippen LogP) is 26.5. The molecular weight excluding hydrogens is 1650 g/mol. The average molecular weight is 1810 g/mol. The first-order chi connectivity index (χ1) is 63.8. The summed E-state index contributed by atoms with van der Waals surface area (Å²) in [4.78, 5) is 44.9. The number of nitrogens with one attached hydrogen (secondary N) is 2. The molecule has 0 bridgehead atoms. The van der Waals surface area contributed by atoms with Gasteiger partial charge in [-0.2, -0.15) is 13.2 Å². The van der Waals surface area contributed by atoms with Crippen LogP contribution < -0.4 is 10.6 Å². The van der Waals surface area contributed by atoms with Crippen LogP contribution in [0.4, 0.5) is 13.2 Å². The van der Waals surface area contributed by atoms with Crippen molar-refractivity contribution in [2.75, 3.05) is 20.0 Å². The second-order valence-electron chi connectivity index (χ2n) is 36.4. The lowest BCUT2D eigenvalue weighted by molar-refractivity contribution is -0.315. The van der Waals surface area contributed by atoms with Crippen LogP contribution in [-0.4, -0.2) is 116 Å². The number of aliphatic hydroxyl groups excluding tert-OH is 1. The number of aliphatic hydroxyl groups is 1. The molecule has 2 fully saturated rings. The van der Waals surface area contributed by atoms with Crippen molar-refractivity contribution < 1.29 is 84.8 Å². The standard InChI is InChI=1S/C110H163F3N2O15/c1-4-7-10-13-16-19-22-25-26-29-32-35-38-41-59-72-101(118)128-96(71-58-40-37-34-31-28-24-21-18-15-12-9-6-3)78-100(117)115-103-107(126-84-92-68-55-46-56-69-92)104(123-81-89-62-49-43-50-63-89)97(85-121-87-120-79-88-60-47-42-48-61-88)130-109(103)127-86-98-105(124-82-90-64-51-44-52-65-90)106(125-83-91-66-53-45-54-67-91)102(108(119)129-98)114-99(116)77-95(122-80-93-73-75-94(76-74-93)110(111,112)113)70-57-39-36-33-30-27-23-20-17-14-11-8-5-2/h42-56,60-69,73-76,95-98,102-109,119H,4-41,57-59,70-72,77-87H2,1-3H3,(H,114,116)(H,115,117)/t95-,96-,97-,98-,102-,103-,104-,105-,106-,107-,108?,109-/m1/s1. The summed E-state index contributed by atoms with van der Waals surface area (Å²) in [5.41, 5.74) is 4.05. The molecule has 0 aliphatic carbocycles. The Hall–Kier alpha value is -6.92. The highest BCUT2D eigenvalue weighted by Gasteiger charge is 2.52. The number of amides is 2. The summed E-state index contributed by atoms with van der Waals surface area (Å²) < 4.78 is 116. The minimum Gasteiger partial charge on any atom is -0.462 e. The molecule has 1 unspecified atom stereocenters. The van der Waals surface area contributed by atoms with Crippen molar-refractivity contribution >= 4 is 17.8 Å². The fourth-order valence-electron chi connectivity index (χ4n) is 17.6. The number of hydrogen-bond donors (Lipinski definition) is 3. The summed E-state index contributed by atoms with van der Waals surface area (Å²) in [5, 5.41) is 19.3. The molecule has 6 aromatic rings. The van der Waals surface area contributed by atoms with E-state index >= 15 is 9.59 Å². The predicted molar refractivity (Wildman–Crippen MR) is 511 cm³/mol. The topological polar surface area (TPSA) is 197 Å². The highest BCUT2D eigenvalue weighted by molar-refractivity contribution is 5.78. The van der Waals surface area contributed by atoms with Crippen LogP contribution in [0.5, 0.6) is 0 Å². The number of benzene rings is 6. The molecule has 12 atom stereocenters. The lowest BCUT2D eigenvalue weighted by Gasteiger charge is -2.48. The van der Waals surface area contributed by atoms with Gasteiger partial charge < -0.3 is 67.8 Å². The third-order valence-corrected chi connectivity index (χ3v) is 25.2. The van der Waals surface area contributed by atoms with Gasteiger partial charge in [-0.25, -0.2) is 0 Å². The fourth-order valence-corrected chi connectivity index (χ4v) is 17.6. The van der Waals surface area contributed by atoms with E-state index in [-0.39, 0.29) is 84.9 Å². The van der Waals surface area contributed by atoms with E-state index < -0.39 is 97.0 Å². The third kappa shape index (κ3) is 46.4. The van der Waals surface area contributed by atoms with Gasteiger partial charge in [0.25, 0.3) is 0 Å². The zero-order valence-electron chi connectivity index (χ0n) is 79.4. The first-order valence-corrected chi connectivity index (χ1v) is 50.7. The molecule has 0 radical (unpaired) electrons. The number of carbonyl (C=O) groups excluding carboxylic acids is 3. The Morgan fingerprint density at radius 2 is 0.669 bits per heavy atom. The molecule has 17 nitrogen and oxygen atoms in total. The van der Waals surface area contributed by atoms with Gasteiger partial charge >= 0.3 is 12.1 Å². The van der Waals surface area contributed by atoms with Crippen LogP contribution in [0, 0.1) is 0 Å². The summed E-state index contributed by atoms with van der Waals surface area (Å²) >= 11 is 0. The fraction of sp³-hybridized carbons (Fsp3) is 0.645. The molecule has 724 valence electrons. The van der Waals surface area contributed by atoms with E-state index in [9.17, 15) is 23.1 Å². The van der Waals surface area contributed by atoms with E-state index in [4.69, 9.17) is 52.1 Å². The summed E-state index contributed by atoms with van der Waals surface area (Å²) in [6.45, 7) is 6.71. The van der Waals surface area contributed by atoms with Crippen molar-refractivity contribution in [2.45, 2.75) is 435 Å². The number of unbranched alkanes of at least 4 members (excludes halogenated alkanes) is 38. The van der Waals surface area contributed by atoms with Gasteiger partial charge in [-0.1, -0.05) is 435 Å². The van der Waals surface area contributed by atoms with Crippen molar-refractivity contribution in [3.8, 4) is 0 Å². The first kappa shape index (κ1) is 108. The molecule has 0 saturated carbocycles. The number of hydrogen-bond acceptors (Lipinski definition) is 15. The van der Waals surface area contributed by atoms with Crippen LogP contribution in [0.3, 0.4) is 0 Å². The van der Waals surface area contributed by atoms with E-state index in [1.807, 2.05) is 152 Å². The Kier molecular flexibility index (Phi) is 56.8. The van der Waals surface area contributed by atoms with E-state index in [1.54, 1.807) is 0 Å². The van der Waals surface area contributed by atoms with E-state index in [2.05, 4.69) is 31.4 Å². The molecule has 2 heterocycles. The molecule has 2 amide bonds. The van der Waals surface area contributed by atoms with E-state index in [1.165, 1.54) is 192 Å². The zero-order valence-corrected chi connectivity index (χ0v) is 79.4. The first-order valence-electron chi connectivity index (χ1n) is 50.7. The SMILES string of the molecule is CCCCCCCCCCCCCCCCCC(=O)O[C@H](CCCCCCCCCCCCCCC)CC(=O)N[C@H]1[C@H](OC[C@H]2OC(O)[C@H](NC(=O)C[C@@H](CCCCCCCCCCCCCCC)OCc3ccc(C(F)(F)F)cc3)[C@@H](OCc3ccccc3)[C@@H]2OCc2ccccc2)O[C@H](COCOCc2ccccc2)[C@@H](OCc2ccccc2)[C@@H]1OCc1ccccc1. The maximum Gasteiger partial charge on any atom is 0.416 e. The van der Waals surface area contributed by atoms with Crippen molar-refractivity contribution in [1.82, 2.24) is 10.6 Å². The van der Waals surface area contributed by atoms with Crippen LogP contribution in [0.2, 0.25) is 0 Å². The molecule has 2 aliphatic heterocycles. The van der Waals surface area contributed by atoms with Gasteiger partial charge in [-0.3, -0.25) is 14.4 Å². The van der Waals surface area contributed by atoms with Crippen molar-refractivity contribution in [1.29, 1.82) is 0 Å². The molecule has 20 heteroatoms. The Bertz CT molecular complexity index is 3760. The number of alkyl halides is 3. The van der Waals surface area contributed by atoms with Gasteiger partial charge in [0.1, 0.15) is 61.6 Å². The maximum absolute atomic E-state index is 15.7. The van der Waals surface area contributed by atoms with Gasteiger partial charge in [0.15, 0.2) is 12.6 Å². The summed E-state index contributed by atoms with van der Waals surface area (Å²) in [6, 6.07) is 50.9. The van der Waals surface area contributed by atoms with Gasteiger partial charge in [0.2, 0.25) is 11.8 Å². The average Bonchev–Trinajstić information content (AvgIpc) is 0.779. The third-order valence-electron chi connectivity index (χ3n) is 25.2. The molecular formula is C110H163F3N2O15. The zero-order chi connectivity index (χ0) is 91.8. The van der Waals surface area contributed by atoms with Crippen LogP contribution in [-0.2, 0) is 112 Å². The van der Waals surface area contributed by atoms with Gasteiger partial charge in [-0.05, 0) is 71.2 Å². The number of rotatable bonds is 75. The molecule has 0 spiro atoms. The molecule has 8 rings (SSSR count). The van der Waals surface area contributed by atoms with Crippen LogP contribution in [0.15, 0.2) is 176 Å². The monoisotopic (exact) mass is 1810 g/mol. The Labute approximate surface area is 779 Å². The lowest BCUT2D eigenvalue weighted by Crippen LogP contribution is -2.68. The highest BCUT2D eigenvalue weighted by Crippen LogP contribution is 2.35. The Balaban J connectivity index is 1.07. The number of halogens is 3. The summed E-state index contributed by atoms with van der Waals surface area (Å²) in [5.74, 6) is -1.23. The van der Waals surface area contributed by atoms with Crippen molar-refractivity contribution in [2.24, 2.45) is 0 Å². The molecule has 2 aliphatic rings. The maximum atomic E-state index is 15.7. The molecule has 130 heavy (non-hydrogen) atoms. The molecule has 6 aromatic carbocycles.